The topological polar surface area (TPSA) is 65.8 Å². The molecule has 1 aliphatic rings. The van der Waals surface area contributed by atoms with Gasteiger partial charge >= 0.3 is 0 Å². The molecule has 0 amide bonds. The average Bonchev–Trinajstić information content (AvgIpc) is 2.84. The molecular formula is C25H29F3N6. The largest absolute Gasteiger partial charge is 0.356 e. The van der Waals surface area contributed by atoms with Gasteiger partial charge in [-0.15, -0.1) is 0 Å². The van der Waals surface area contributed by atoms with Crippen molar-refractivity contribution >= 4 is 23.1 Å². The molecule has 2 aromatic rings. The number of rotatable bonds is 5. The molecule has 1 N–H and O–H groups in total. The smallest absolute Gasteiger partial charge is 0.218 e. The number of guanidine groups is 1. The second-order valence-electron chi connectivity index (χ2n) is 8.03. The fourth-order valence-electron chi connectivity index (χ4n) is 3.70. The van der Waals surface area contributed by atoms with Gasteiger partial charge in [0.1, 0.15) is 18.0 Å². The molecule has 180 valence electrons. The lowest BCUT2D eigenvalue weighted by Crippen LogP contribution is -2.44. The van der Waals surface area contributed by atoms with E-state index in [2.05, 4.69) is 30.2 Å². The Labute approximate surface area is 198 Å². The number of hydrogen-bond donors (Lipinski definition) is 1. The van der Waals surface area contributed by atoms with Gasteiger partial charge in [0.2, 0.25) is 5.96 Å². The highest BCUT2D eigenvalue weighted by Crippen LogP contribution is 2.22. The van der Waals surface area contributed by atoms with Crippen molar-refractivity contribution in [1.29, 1.82) is 0 Å². The van der Waals surface area contributed by atoms with Crippen molar-refractivity contribution in [2.45, 2.75) is 39.7 Å². The molecule has 3 rings (SSSR count). The summed E-state index contributed by atoms with van der Waals surface area (Å²) in [4.78, 5) is 19.5. The van der Waals surface area contributed by atoms with Crippen LogP contribution in [0.15, 0.2) is 58.6 Å². The molecule has 1 aliphatic heterocycles. The van der Waals surface area contributed by atoms with Crippen LogP contribution in [0.25, 0.3) is 5.57 Å². The standard InChI is InChI=1S/C25H29F3N6/c1-5-19(26)14-21(18-6-7-22(27)23(28)13-18)17(3)32-25(29-4)33-20-8-10-34(11-9-20)24-12-16(2)30-15-31-24/h5-7,12-15,20H,8-11H2,1-4H3,(H,29,33)/b19-5+,21-14+,32-17+. The minimum Gasteiger partial charge on any atom is -0.356 e. The third-order valence-electron chi connectivity index (χ3n) is 5.61. The van der Waals surface area contributed by atoms with Gasteiger partial charge in [0.05, 0.1) is 0 Å². The predicted octanol–water partition coefficient (Wildman–Crippen LogP) is 5.03. The lowest BCUT2D eigenvalue weighted by atomic mass is 10.0. The summed E-state index contributed by atoms with van der Waals surface area (Å²) in [6.07, 6.45) is 5.82. The van der Waals surface area contributed by atoms with E-state index in [1.165, 1.54) is 18.2 Å². The summed E-state index contributed by atoms with van der Waals surface area (Å²) in [5.74, 6) is -1.18. The maximum Gasteiger partial charge on any atom is 0.218 e. The first-order chi connectivity index (χ1) is 16.3. The van der Waals surface area contributed by atoms with Crippen molar-refractivity contribution in [3.63, 3.8) is 0 Å². The number of aryl methyl sites for hydroxylation is 1. The predicted molar refractivity (Wildman–Crippen MR) is 131 cm³/mol. The van der Waals surface area contributed by atoms with Gasteiger partial charge < -0.3 is 10.2 Å². The van der Waals surface area contributed by atoms with E-state index in [-0.39, 0.29) is 6.04 Å². The second kappa shape index (κ2) is 11.6. The first-order valence-corrected chi connectivity index (χ1v) is 11.1. The number of anilines is 1. The zero-order valence-electron chi connectivity index (χ0n) is 19.8. The van der Waals surface area contributed by atoms with Gasteiger partial charge in [-0.1, -0.05) is 12.1 Å². The van der Waals surface area contributed by atoms with Gasteiger partial charge in [0, 0.05) is 49.2 Å². The van der Waals surface area contributed by atoms with Crippen LogP contribution in [0.3, 0.4) is 0 Å². The number of nitrogens with one attached hydrogen (secondary N) is 1. The molecule has 34 heavy (non-hydrogen) atoms. The van der Waals surface area contributed by atoms with Crippen LogP contribution >= 0.6 is 0 Å². The number of halogens is 3. The van der Waals surface area contributed by atoms with Gasteiger partial charge in [-0.25, -0.2) is 28.1 Å². The maximum absolute atomic E-state index is 14.1. The molecule has 0 saturated carbocycles. The van der Waals surface area contributed by atoms with E-state index in [1.807, 2.05) is 13.0 Å². The minimum absolute atomic E-state index is 0.150. The first-order valence-electron chi connectivity index (χ1n) is 11.1. The van der Waals surface area contributed by atoms with Crippen LogP contribution in [0.4, 0.5) is 19.0 Å². The van der Waals surface area contributed by atoms with Gasteiger partial charge in [0.25, 0.3) is 0 Å². The summed E-state index contributed by atoms with van der Waals surface area (Å²) in [6, 6.07) is 5.56. The van der Waals surface area contributed by atoms with E-state index in [0.29, 0.717) is 22.8 Å². The Bertz CT molecular complexity index is 1130. The van der Waals surface area contributed by atoms with Crippen LogP contribution in [0.2, 0.25) is 0 Å². The van der Waals surface area contributed by atoms with Crippen LogP contribution in [0.5, 0.6) is 0 Å². The molecule has 0 spiro atoms. The Morgan fingerprint density at radius 1 is 1.15 bits per heavy atom. The highest BCUT2D eigenvalue weighted by atomic mass is 19.2. The number of benzene rings is 1. The molecule has 2 heterocycles. The van der Waals surface area contributed by atoms with Crippen molar-refractivity contribution in [3.8, 4) is 0 Å². The van der Waals surface area contributed by atoms with Crippen molar-refractivity contribution in [3.05, 3.63) is 71.5 Å². The van der Waals surface area contributed by atoms with Crippen LogP contribution in [-0.4, -0.2) is 47.8 Å². The minimum atomic E-state index is -1.01. The molecule has 6 nitrogen and oxygen atoms in total. The van der Waals surface area contributed by atoms with E-state index in [1.54, 1.807) is 27.2 Å². The third-order valence-corrected chi connectivity index (χ3v) is 5.61. The highest BCUT2D eigenvalue weighted by molar-refractivity contribution is 6.25. The summed E-state index contributed by atoms with van der Waals surface area (Å²) in [5.41, 5.74) is 2.01. The number of aromatic nitrogens is 2. The Morgan fingerprint density at radius 2 is 1.88 bits per heavy atom. The highest BCUT2D eigenvalue weighted by Gasteiger charge is 2.21. The Hall–Kier alpha value is -3.49. The number of aliphatic imine (C=N–C) groups is 2. The van der Waals surface area contributed by atoms with Crippen LogP contribution < -0.4 is 10.2 Å². The van der Waals surface area contributed by atoms with Gasteiger partial charge in [-0.2, -0.15) is 0 Å². The first kappa shape index (κ1) is 25.1. The van der Waals surface area contributed by atoms with E-state index in [4.69, 9.17) is 0 Å². The summed E-state index contributed by atoms with van der Waals surface area (Å²) in [7, 11) is 1.62. The normalized spacial score (nSPS) is 16.7. The molecule has 1 aromatic heterocycles. The van der Waals surface area contributed by atoms with Crippen molar-refractivity contribution < 1.29 is 13.2 Å². The van der Waals surface area contributed by atoms with Gasteiger partial charge in [0.15, 0.2) is 11.6 Å². The molecule has 1 aromatic carbocycles. The van der Waals surface area contributed by atoms with E-state index in [9.17, 15) is 13.2 Å². The second-order valence-corrected chi connectivity index (χ2v) is 8.03. The summed E-state index contributed by atoms with van der Waals surface area (Å²) >= 11 is 0. The quantitative estimate of drug-likeness (QED) is 0.378. The van der Waals surface area contributed by atoms with Crippen molar-refractivity contribution in [2.75, 3.05) is 25.0 Å². The number of hydrogen-bond acceptors (Lipinski definition) is 4. The van der Waals surface area contributed by atoms with Gasteiger partial charge in [-0.3, -0.25) is 4.99 Å². The zero-order chi connectivity index (χ0) is 24.7. The summed E-state index contributed by atoms with van der Waals surface area (Å²) in [5, 5.41) is 3.35. The molecule has 0 bridgehead atoms. The molecule has 1 fully saturated rings. The average molecular weight is 471 g/mol. The van der Waals surface area contributed by atoms with Crippen molar-refractivity contribution in [2.24, 2.45) is 9.98 Å². The van der Waals surface area contributed by atoms with Crippen LogP contribution in [0.1, 0.15) is 37.9 Å². The zero-order valence-corrected chi connectivity index (χ0v) is 19.8. The molecule has 0 unspecified atom stereocenters. The fraction of sp³-hybridized carbons (Fsp3) is 0.360. The number of allylic oxidation sites excluding steroid dienone is 4. The Kier molecular flexibility index (Phi) is 8.56. The number of nitrogens with zero attached hydrogens (tertiary/aromatic N) is 5. The molecule has 9 heteroatoms. The summed E-state index contributed by atoms with van der Waals surface area (Å²) in [6.45, 7) is 6.81. The number of piperidine rings is 1. The van der Waals surface area contributed by atoms with E-state index in [0.717, 1.165) is 49.6 Å². The fourth-order valence-corrected chi connectivity index (χ4v) is 3.70. The third kappa shape index (κ3) is 6.52. The SMILES string of the molecule is C\C=C(F)/C=C(\C(C)=N\C(=NC)NC1CCN(c2cc(C)ncn2)CC1)c1ccc(F)c(F)c1. The Balaban J connectivity index is 1.74. The lowest BCUT2D eigenvalue weighted by molar-refractivity contribution is 0.463. The molecular weight excluding hydrogens is 441 g/mol. The monoisotopic (exact) mass is 470 g/mol. The summed E-state index contributed by atoms with van der Waals surface area (Å²) < 4.78 is 41.4. The van der Waals surface area contributed by atoms with Gasteiger partial charge in [-0.05, 0) is 57.4 Å². The van der Waals surface area contributed by atoms with Crippen molar-refractivity contribution in [1.82, 2.24) is 15.3 Å². The molecule has 0 atom stereocenters. The maximum atomic E-state index is 14.1. The lowest BCUT2D eigenvalue weighted by Gasteiger charge is -2.33. The molecule has 0 radical (unpaired) electrons. The molecule has 1 saturated heterocycles. The van der Waals surface area contributed by atoms with E-state index >= 15 is 0 Å². The molecule has 0 aliphatic carbocycles. The Morgan fingerprint density at radius 3 is 2.50 bits per heavy atom. The van der Waals surface area contributed by atoms with Crippen LogP contribution in [-0.2, 0) is 0 Å². The van der Waals surface area contributed by atoms with E-state index < -0.39 is 17.5 Å². The van der Waals surface area contributed by atoms with Crippen LogP contribution in [0, 0.1) is 18.6 Å².